The summed E-state index contributed by atoms with van der Waals surface area (Å²) in [6.45, 7) is 11.3. The summed E-state index contributed by atoms with van der Waals surface area (Å²) in [4.78, 5) is 27.7. The molecular formula is C25H31N5O2. The third-order valence-corrected chi connectivity index (χ3v) is 6.63. The molecule has 1 N–H and O–H groups in total. The number of carbonyl (C=O) groups is 1. The smallest absolute Gasteiger partial charge is 0.270 e. The number of carbonyl (C=O) groups excluding carboxylic acids is 1. The average Bonchev–Trinajstić information content (AvgIpc) is 3.29. The van der Waals surface area contributed by atoms with Crippen LogP contribution >= 0.6 is 0 Å². The van der Waals surface area contributed by atoms with Gasteiger partial charge in [0, 0.05) is 73.7 Å². The predicted octanol–water partition coefficient (Wildman–Crippen LogP) is 3.23. The van der Waals surface area contributed by atoms with Crippen molar-refractivity contribution in [3.05, 3.63) is 48.3 Å². The number of pyridine rings is 1. The Balaban J connectivity index is 1.36. The largest absolute Gasteiger partial charge is 0.378 e. The van der Waals surface area contributed by atoms with Gasteiger partial charge in [0.2, 0.25) is 0 Å². The molecule has 0 aliphatic carbocycles. The van der Waals surface area contributed by atoms with E-state index in [1.54, 1.807) is 6.20 Å². The maximum atomic E-state index is 12.9. The number of benzene rings is 1. The number of morpholine rings is 1. The quantitative estimate of drug-likeness (QED) is 0.684. The van der Waals surface area contributed by atoms with Gasteiger partial charge in [0.1, 0.15) is 5.69 Å². The van der Waals surface area contributed by atoms with Crippen molar-refractivity contribution in [1.29, 1.82) is 0 Å². The lowest BCUT2D eigenvalue weighted by atomic mass is 10.1. The number of aromatic amines is 1. The monoisotopic (exact) mass is 433 g/mol. The fourth-order valence-electron chi connectivity index (χ4n) is 4.66. The predicted molar refractivity (Wildman–Crippen MR) is 127 cm³/mol. The van der Waals surface area contributed by atoms with Crippen LogP contribution in [0.5, 0.6) is 0 Å². The van der Waals surface area contributed by atoms with E-state index in [1.165, 1.54) is 5.69 Å². The van der Waals surface area contributed by atoms with Crippen LogP contribution in [0, 0.1) is 0 Å². The van der Waals surface area contributed by atoms with Crippen molar-refractivity contribution in [2.24, 2.45) is 0 Å². The number of nitrogens with zero attached hydrogens (tertiary/aromatic N) is 4. The summed E-state index contributed by atoms with van der Waals surface area (Å²) in [6.07, 6.45) is 1.80. The van der Waals surface area contributed by atoms with E-state index in [0.717, 1.165) is 48.3 Å². The molecule has 2 aliphatic rings. The van der Waals surface area contributed by atoms with Crippen LogP contribution in [-0.4, -0.2) is 84.2 Å². The summed E-state index contributed by atoms with van der Waals surface area (Å²) in [5.74, 6) is 0.0198. The molecule has 0 unspecified atom stereocenters. The maximum absolute atomic E-state index is 12.9. The van der Waals surface area contributed by atoms with Gasteiger partial charge < -0.3 is 19.5 Å². The summed E-state index contributed by atoms with van der Waals surface area (Å²) in [5.41, 5.74) is 4.75. The maximum Gasteiger partial charge on any atom is 0.270 e. The Hall–Kier alpha value is -2.90. The minimum absolute atomic E-state index is 0.0198. The molecule has 5 rings (SSSR count). The van der Waals surface area contributed by atoms with Gasteiger partial charge in [-0.3, -0.25) is 14.7 Å². The summed E-state index contributed by atoms with van der Waals surface area (Å²) in [6, 6.07) is 13.1. The molecule has 0 saturated carbocycles. The molecule has 4 heterocycles. The van der Waals surface area contributed by atoms with Crippen LogP contribution < -0.4 is 4.90 Å². The lowest BCUT2D eigenvalue weighted by Crippen LogP contribution is -2.48. The molecular weight excluding hydrogens is 402 g/mol. The third-order valence-electron chi connectivity index (χ3n) is 6.63. The van der Waals surface area contributed by atoms with Gasteiger partial charge in [0.25, 0.3) is 5.91 Å². The van der Waals surface area contributed by atoms with E-state index in [-0.39, 0.29) is 5.91 Å². The normalized spacial score (nSPS) is 18.0. The number of fused-ring (bicyclic) bond motifs is 1. The topological polar surface area (TPSA) is 64.7 Å². The second kappa shape index (κ2) is 8.92. The molecule has 0 bridgehead atoms. The number of ether oxygens (including phenoxy) is 1. The Bertz CT molecular complexity index is 1080. The molecule has 1 amide bonds. The van der Waals surface area contributed by atoms with Crippen molar-refractivity contribution in [3.63, 3.8) is 0 Å². The van der Waals surface area contributed by atoms with Crippen LogP contribution in [0.2, 0.25) is 0 Å². The molecule has 0 spiro atoms. The molecule has 168 valence electrons. The average molecular weight is 434 g/mol. The van der Waals surface area contributed by atoms with E-state index < -0.39 is 0 Å². The van der Waals surface area contributed by atoms with Crippen LogP contribution in [0.25, 0.3) is 22.2 Å². The van der Waals surface area contributed by atoms with E-state index >= 15 is 0 Å². The van der Waals surface area contributed by atoms with E-state index in [4.69, 9.17) is 4.74 Å². The minimum Gasteiger partial charge on any atom is -0.378 e. The van der Waals surface area contributed by atoms with E-state index in [2.05, 4.69) is 57.9 Å². The van der Waals surface area contributed by atoms with Gasteiger partial charge in [-0.1, -0.05) is 12.1 Å². The molecule has 2 saturated heterocycles. The molecule has 0 radical (unpaired) electrons. The summed E-state index contributed by atoms with van der Waals surface area (Å²) >= 11 is 0. The highest BCUT2D eigenvalue weighted by atomic mass is 16.5. The number of anilines is 1. The number of piperazine rings is 1. The zero-order chi connectivity index (χ0) is 22.1. The van der Waals surface area contributed by atoms with Crippen LogP contribution in [0.15, 0.2) is 42.6 Å². The van der Waals surface area contributed by atoms with Gasteiger partial charge in [-0.15, -0.1) is 0 Å². The first-order chi connectivity index (χ1) is 15.6. The number of aromatic nitrogens is 2. The second-order valence-corrected chi connectivity index (χ2v) is 8.87. The number of nitrogens with one attached hydrogen (secondary N) is 1. The fraction of sp³-hybridized carbons (Fsp3) is 0.440. The third kappa shape index (κ3) is 4.10. The first-order valence-electron chi connectivity index (χ1n) is 11.5. The van der Waals surface area contributed by atoms with Crippen molar-refractivity contribution < 1.29 is 9.53 Å². The highest BCUT2D eigenvalue weighted by molar-refractivity contribution is 6.02. The Morgan fingerprint density at radius 2 is 1.72 bits per heavy atom. The van der Waals surface area contributed by atoms with E-state index in [0.29, 0.717) is 38.0 Å². The Morgan fingerprint density at radius 1 is 1.00 bits per heavy atom. The standard InChI is InChI=1S/C25H31N5O2/c1-18(2)28-9-11-29(12-10-28)20-5-3-19(4-6-20)24-21-17-23(27-22(21)7-8-26-24)25(31)30-13-15-32-16-14-30/h3-8,17-18,27H,9-16H2,1-2H3. The van der Waals surface area contributed by atoms with Gasteiger partial charge in [0.05, 0.1) is 18.9 Å². The SMILES string of the molecule is CC(C)N1CCN(c2ccc(-c3nccc4[nH]c(C(=O)N5CCOCC5)cc34)cc2)CC1. The van der Waals surface area contributed by atoms with Gasteiger partial charge in [0.15, 0.2) is 0 Å². The number of hydrogen-bond acceptors (Lipinski definition) is 5. The number of H-pyrrole nitrogens is 1. The molecule has 32 heavy (non-hydrogen) atoms. The second-order valence-electron chi connectivity index (χ2n) is 8.87. The van der Waals surface area contributed by atoms with E-state index in [9.17, 15) is 4.79 Å². The fourth-order valence-corrected chi connectivity index (χ4v) is 4.66. The molecule has 0 atom stereocenters. The lowest BCUT2D eigenvalue weighted by molar-refractivity contribution is 0.0299. The number of amides is 1. The highest BCUT2D eigenvalue weighted by Crippen LogP contribution is 2.29. The van der Waals surface area contributed by atoms with Gasteiger partial charge in [-0.25, -0.2) is 0 Å². The van der Waals surface area contributed by atoms with Crippen LogP contribution in [-0.2, 0) is 4.74 Å². The molecule has 7 nitrogen and oxygen atoms in total. The number of rotatable bonds is 4. The van der Waals surface area contributed by atoms with Crippen molar-refractivity contribution in [3.8, 4) is 11.3 Å². The molecule has 3 aromatic rings. The van der Waals surface area contributed by atoms with E-state index in [1.807, 2.05) is 17.0 Å². The van der Waals surface area contributed by atoms with Crippen molar-refractivity contribution in [2.75, 3.05) is 57.4 Å². The first kappa shape index (κ1) is 21.0. The lowest BCUT2D eigenvalue weighted by Gasteiger charge is -2.38. The van der Waals surface area contributed by atoms with Crippen LogP contribution in [0.1, 0.15) is 24.3 Å². The Labute approximate surface area is 189 Å². The number of hydrogen-bond donors (Lipinski definition) is 1. The van der Waals surface area contributed by atoms with Gasteiger partial charge in [-0.2, -0.15) is 0 Å². The molecule has 2 aliphatic heterocycles. The first-order valence-corrected chi connectivity index (χ1v) is 11.5. The summed E-state index contributed by atoms with van der Waals surface area (Å²) in [5, 5.41) is 0.974. The molecule has 1 aromatic carbocycles. The summed E-state index contributed by atoms with van der Waals surface area (Å²) in [7, 11) is 0. The highest BCUT2D eigenvalue weighted by Gasteiger charge is 2.22. The minimum atomic E-state index is 0.0198. The van der Waals surface area contributed by atoms with Crippen LogP contribution in [0.4, 0.5) is 5.69 Å². The Morgan fingerprint density at radius 3 is 2.41 bits per heavy atom. The van der Waals surface area contributed by atoms with Crippen LogP contribution in [0.3, 0.4) is 0 Å². The zero-order valence-corrected chi connectivity index (χ0v) is 18.9. The van der Waals surface area contributed by atoms with Crippen molar-refractivity contribution in [1.82, 2.24) is 19.8 Å². The Kier molecular flexibility index (Phi) is 5.85. The summed E-state index contributed by atoms with van der Waals surface area (Å²) < 4.78 is 5.37. The molecule has 7 heteroatoms. The zero-order valence-electron chi connectivity index (χ0n) is 18.9. The van der Waals surface area contributed by atoms with Crippen molar-refractivity contribution in [2.45, 2.75) is 19.9 Å². The molecule has 2 aromatic heterocycles. The van der Waals surface area contributed by atoms with Gasteiger partial charge >= 0.3 is 0 Å². The van der Waals surface area contributed by atoms with Gasteiger partial charge in [-0.05, 0) is 38.1 Å². The molecule has 2 fully saturated rings. The van der Waals surface area contributed by atoms with Crippen molar-refractivity contribution >= 4 is 22.5 Å².